The molecule has 0 aliphatic carbocycles. The molecule has 0 radical (unpaired) electrons. The van der Waals surface area contributed by atoms with Crippen LogP contribution in [0, 0.1) is 0 Å². The quantitative estimate of drug-likeness (QED) is 0.792. The number of carboxylic acid groups (broad SMARTS) is 1. The zero-order valence-electron chi connectivity index (χ0n) is 9.41. The van der Waals surface area contributed by atoms with Gasteiger partial charge in [-0.3, -0.25) is 5.32 Å². The molecule has 0 spiro atoms. The molecular weight excluding hydrogens is 252 g/mol. The molecule has 3 N–H and O–H groups in total. The number of nitrogens with zero attached hydrogens (tertiary/aromatic N) is 1. The topological polar surface area (TPSA) is 82.5 Å². The van der Waals surface area contributed by atoms with Crippen molar-refractivity contribution >= 4 is 23.1 Å². The van der Waals surface area contributed by atoms with E-state index in [1.807, 2.05) is 6.07 Å². The van der Waals surface area contributed by atoms with Gasteiger partial charge in [-0.1, -0.05) is 12.1 Å². The Labute approximate surface area is 108 Å². The van der Waals surface area contributed by atoms with Crippen molar-refractivity contribution in [1.82, 2.24) is 4.98 Å². The summed E-state index contributed by atoms with van der Waals surface area (Å²) < 4.78 is 0. The van der Waals surface area contributed by atoms with Gasteiger partial charge in [-0.05, 0) is 17.7 Å². The zero-order chi connectivity index (χ0) is 13.0. The molecule has 1 unspecified atom stereocenters. The summed E-state index contributed by atoms with van der Waals surface area (Å²) in [6.07, 6.45) is 0.284. The molecular formula is C12H12N2O3S. The van der Waals surface area contributed by atoms with Crippen LogP contribution in [0.3, 0.4) is 0 Å². The van der Waals surface area contributed by atoms with Gasteiger partial charge in [0, 0.05) is 23.7 Å². The fraction of sp³-hybridized carbons (Fsp3) is 0.167. The fourth-order valence-corrected chi connectivity index (χ4v) is 2.23. The van der Waals surface area contributed by atoms with Gasteiger partial charge in [-0.25, -0.2) is 9.78 Å². The van der Waals surface area contributed by atoms with Gasteiger partial charge >= 0.3 is 6.09 Å². The van der Waals surface area contributed by atoms with Crippen LogP contribution in [0.2, 0.25) is 0 Å². The molecule has 94 valence electrons. The van der Waals surface area contributed by atoms with E-state index in [0.717, 1.165) is 5.56 Å². The molecule has 1 aromatic heterocycles. The van der Waals surface area contributed by atoms with Gasteiger partial charge in [-0.2, -0.15) is 0 Å². The Balaban J connectivity index is 2.07. The number of amides is 1. The largest absolute Gasteiger partial charge is 0.465 e. The minimum absolute atomic E-state index is 0.405. The number of nitrogens with one attached hydrogen (secondary N) is 1. The van der Waals surface area contributed by atoms with Crippen LogP contribution < -0.4 is 5.32 Å². The molecule has 2 rings (SSSR count). The van der Waals surface area contributed by atoms with E-state index in [2.05, 4.69) is 10.3 Å². The number of anilines is 1. The van der Waals surface area contributed by atoms with Gasteiger partial charge in [-0.15, -0.1) is 11.3 Å². The molecule has 1 atom stereocenters. The summed E-state index contributed by atoms with van der Waals surface area (Å²) in [6.45, 7) is 0. The highest BCUT2D eigenvalue weighted by Crippen LogP contribution is 2.21. The fourth-order valence-electron chi connectivity index (χ4n) is 1.61. The summed E-state index contributed by atoms with van der Waals surface area (Å²) in [7, 11) is 0. The molecule has 0 aliphatic rings. The van der Waals surface area contributed by atoms with Gasteiger partial charge in [0.15, 0.2) is 0 Å². The first-order chi connectivity index (χ1) is 8.65. The van der Waals surface area contributed by atoms with Gasteiger partial charge in [0.25, 0.3) is 0 Å². The number of hydrogen-bond donors (Lipinski definition) is 3. The van der Waals surface area contributed by atoms with Crippen LogP contribution in [0.5, 0.6) is 0 Å². The third kappa shape index (κ3) is 3.28. The molecule has 5 nitrogen and oxygen atoms in total. The van der Waals surface area contributed by atoms with Crippen molar-refractivity contribution in [2.45, 2.75) is 12.5 Å². The van der Waals surface area contributed by atoms with Crippen LogP contribution in [0.4, 0.5) is 10.5 Å². The maximum atomic E-state index is 10.5. The number of aromatic nitrogens is 1. The molecule has 0 saturated heterocycles. The van der Waals surface area contributed by atoms with Crippen LogP contribution in [0.1, 0.15) is 16.7 Å². The summed E-state index contributed by atoms with van der Waals surface area (Å²) in [6, 6.07) is 6.94. The molecule has 0 bridgehead atoms. The highest BCUT2D eigenvalue weighted by Gasteiger charge is 2.11. The van der Waals surface area contributed by atoms with Crippen LogP contribution >= 0.6 is 11.3 Å². The predicted molar refractivity (Wildman–Crippen MR) is 68.9 cm³/mol. The highest BCUT2D eigenvalue weighted by atomic mass is 32.1. The lowest BCUT2D eigenvalue weighted by atomic mass is 10.1. The van der Waals surface area contributed by atoms with Crippen molar-refractivity contribution in [3.63, 3.8) is 0 Å². The van der Waals surface area contributed by atoms with E-state index in [4.69, 9.17) is 5.11 Å². The van der Waals surface area contributed by atoms with Crippen molar-refractivity contribution < 1.29 is 15.0 Å². The van der Waals surface area contributed by atoms with Crippen LogP contribution in [0.25, 0.3) is 0 Å². The summed E-state index contributed by atoms with van der Waals surface area (Å²) in [5.41, 5.74) is 1.34. The average Bonchev–Trinajstić information content (AvgIpc) is 2.81. The Kier molecular flexibility index (Phi) is 3.91. The lowest BCUT2D eigenvalue weighted by Crippen LogP contribution is -2.08. The number of rotatable bonds is 4. The normalized spacial score (nSPS) is 12.1. The maximum Gasteiger partial charge on any atom is 0.409 e. The van der Waals surface area contributed by atoms with E-state index in [1.54, 1.807) is 29.8 Å². The third-order valence-electron chi connectivity index (χ3n) is 2.34. The van der Waals surface area contributed by atoms with Crippen molar-refractivity contribution in [2.24, 2.45) is 0 Å². The van der Waals surface area contributed by atoms with E-state index in [0.29, 0.717) is 17.1 Å². The zero-order valence-corrected chi connectivity index (χ0v) is 10.2. The first-order valence-electron chi connectivity index (χ1n) is 5.31. The number of thiazole rings is 1. The van der Waals surface area contributed by atoms with Gasteiger partial charge in [0.2, 0.25) is 0 Å². The van der Waals surface area contributed by atoms with E-state index in [-0.39, 0.29) is 0 Å². The Morgan fingerprint density at radius 3 is 3.00 bits per heavy atom. The third-order valence-corrected chi connectivity index (χ3v) is 3.22. The molecule has 6 heteroatoms. The molecule has 18 heavy (non-hydrogen) atoms. The minimum Gasteiger partial charge on any atom is -0.465 e. The van der Waals surface area contributed by atoms with Gasteiger partial charge in [0.1, 0.15) is 11.1 Å². The van der Waals surface area contributed by atoms with Crippen molar-refractivity contribution in [1.29, 1.82) is 0 Å². The second-order valence-corrected chi connectivity index (χ2v) is 4.65. The summed E-state index contributed by atoms with van der Waals surface area (Å²) in [5.74, 6) is 0. The van der Waals surface area contributed by atoms with Gasteiger partial charge in [0.05, 0.1) is 0 Å². The summed E-state index contributed by atoms with van der Waals surface area (Å²) >= 11 is 1.39. The maximum absolute atomic E-state index is 10.5. The molecule has 0 saturated carbocycles. The molecule has 0 fully saturated rings. The SMILES string of the molecule is O=C(O)Nc1cccc(CC(O)c2nccs2)c1. The number of hydrogen-bond acceptors (Lipinski definition) is 4. The summed E-state index contributed by atoms with van der Waals surface area (Å²) in [4.78, 5) is 14.6. The second-order valence-electron chi connectivity index (χ2n) is 3.72. The molecule has 1 aromatic carbocycles. The second kappa shape index (κ2) is 5.61. The first kappa shape index (κ1) is 12.5. The van der Waals surface area contributed by atoms with E-state index in [1.165, 1.54) is 11.3 Å². The number of carbonyl (C=O) groups is 1. The minimum atomic E-state index is -1.10. The van der Waals surface area contributed by atoms with Gasteiger partial charge < -0.3 is 10.2 Å². The molecule has 1 amide bonds. The van der Waals surface area contributed by atoms with Crippen molar-refractivity contribution in [3.05, 3.63) is 46.4 Å². The first-order valence-corrected chi connectivity index (χ1v) is 6.19. The van der Waals surface area contributed by atoms with Crippen LogP contribution in [-0.2, 0) is 6.42 Å². The number of aliphatic hydroxyl groups excluding tert-OH is 1. The Morgan fingerprint density at radius 1 is 1.50 bits per heavy atom. The Bertz CT molecular complexity index is 528. The molecule has 1 heterocycles. The van der Waals surface area contributed by atoms with E-state index in [9.17, 15) is 9.90 Å². The van der Waals surface area contributed by atoms with Crippen LogP contribution in [-0.4, -0.2) is 21.3 Å². The summed E-state index contributed by atoms with van der Waals surface area (Å²) in [5, 5.41) is 23.3. The average molecular weight is 264 g/mol. The standard InChI is InChI=1S/C12H12N2O3S/c15-10(11-13-4-5-18-11)7-8-2-1-3-9(6-8)14-12(16)17/h1-6,10,14-15H,7H2,(H,16,17). The lowest BCUT2D eigenvalue weighted by Gasteiger charge is -2.09. The predicted octanol–water partition coefficient (Wildman–Crippen LogP) is 2.51. The lowest BCUT2D eigenvalue weighted by molar-refractivity contribution is 0.178. The Hall–Kier alpha value is -1.92. The monoisotopic (exact) mass is 264 g/mol. The van der Waals surface area contributed by atoms with E-state index >= 15 is 0 Å². The van der Waals surface area contributed by atoms with Crippen LogP contribution in [0.15, 0.2) is 35.8 Å². The van der Waals surface area contributed by atoms with Crippen molar-refractivity contribution in [3.8, 4) is 0 Å². The Morgan fingerprint density at radius 2 is 2.33 bits per heavy atom. The highest BCUT2D eigenvalue weighted by molar-refractivity contribution is 7.09. The number of benzene rings is 1. The van der Waals surface area contributed by atoms with E-state index < -0.39 is 12.2 Å². The number of aliphatic hydroxyl groups is 1. The molecule has 2 aromatic rings. The smallest absolute Gasteiger partial charge is 0.409 e. The molecule has 0 aliphatic heterocycles. The van der Waals surface area contributed by atoms with Crippen molar-refractivity contribution in [2.75, 3.05) is 5.32 Å².